The predicted octanol–water partition coefficient (Wildman–Crippen LogP) is 5.93. The third-order valence-electron chi connectivity index (χ3n) is 7.52. The van der Waals surface area contributed by atoms with E-state index >= 15 is 0 Å². The Hall–Kier alpha value is -2.27. The van der Waals surface area contributed by atoms with Crippen molar-refractivity contribution in [2.75, 3.05) is 6.54 Å². The van der Waals surface area contributed by atoms with Crippen LogP contribution in [0.1, 0.15) is 63.4 Å². The second-order valence-corrected chi connectivity index (χ2v) is 9.29. The van der Waals surface area contributed by atoms with Crippen LogP contribution in [0.15, 0.2) is 36.7 Å². The lowest BCUT2D eigenvalue weighted by Gasteiger charge is -2.43. The van der Waals surface area contributed by atoms with Gasteiger partial charge in [-0.05, 0) is 63.3 Å². The van der Waals surface area contributed by atoms with Gasteiger partial charge < -0.3 is 4.74 Å². The lowest BCUT2D eigenvalue weighted by Crippen LogP contribution is -2.46. The molecule has 2 aliphatic heterocycles. The molecule has 2 fully saturated rings. The molecule has 2 saturated heterocycles. The van der Waals surface area contributed by atoms with Gasteiger partial charge in [0, 0.05) is 29.6 Å². The van der Waals surface area contributed by atoms with Crippen LogP contribution in [0.25, 0.3) is 11.3 Å². The second-order valence-electron chi connectivity index (χ2n) is 9.29. The van der Waals surface area contributed by atoms with E-state index in [2.05, 4.69) is 37.2 Å². The number of ether oxygens (including phenoxy) is 1. The first-order chi connectivity index (χ1) is 14.8. The van der Waals surface area contributed by atoms with E-state index in [0.29, 0.717) is 6.04 Å². The zero-order valence-corrected chi connectivity index (χ0v) is 19.4. The SMILES string of the molecule is C=C1O[C@H]([C@H](CC)C(C)(CC)c2cc(F)ccc2-c2ncc(C)nc2C)N2CCC[C@@H]12. The number of halogens is 1. The first-order valence-electron chi connectivity index (χ1n) is 11.5. The number of benzene rings is 1. The molecule has 0 aliphatic carbocycles. The van der Waals surface area contributed by atoms with Crippen molar-refractivity contribution >= 4 is 0 Å². The van der Waals surface area contributed by atoms with Gasteiger partial charge in [-0.3, -0.25) is 14.9 Å². The molecule has 0 bridgehead atoms. The molecule has 0 saturated carbocycles. The molecule has 2 aromatic rings. The highest BCUT2D eigenvalue weighted by atomic mass is 19.1. The van der Waals surface area contributed by atoms with Crippen LogP contribution in [0.2, 0.25) is 0 Å². The monoisotopic (exact) mass is 423 g/mol. The van der Waals surface area contributed by atoms with Gasteiger partial charge in [0.05, 0.1) is 23.1 Å². The molecule has 3 heterocycles. The van der Waals surface area contributed by atoms with Gasteiger partial charge in [0.15, 0.2) is 6.23 Å². The summed E-state index contributed by atoms with van der Waals surface area (Å²) in [5, 5.41) is 0. The summed E-state index contributed by atoms with van der Waals surface area (Å²) in [6.07, 6.45) is 5.83. The highest BCUT2D eigenvalue weighted by Crippen LogP contribution is 2.48. The van der Waals surface area contributed by atoms with Gasteiger partial charge in [-0.2, -0.15) is 0 Å². The topological polar surface area (TPSA) is 38.3 Å². The Morgan fingerprint density at radius 1 is 1.32 bits per heavy atom. The fourth-order valence-corrected chi connectivity index (χ4v) is 5.73. The lowest BCUT2D eigenvalue weighted by molar-refractivity contribution is -0.0261. The zero-order chi connectivity index (χ0) is 22.3. The van der Waals surface area contributed by atoms with Gasteiger partial charge in [0.1, 0.15) is 11.6 Å². The number of aryl methyl sites for hydroxylation is 2. The van der Waals surface area contributed by atoms with E-state index in [9.17, 15) is 4.39 Å². The van der Waals surface area contributed by atoms with E-state index in [1.54, 1.807) is 12.3 Å². The molecule has 0 radical (unpaired) electrons. The summed E-state index contributed by atoms with van der Waals surface area (Å²) >= 11 is 0. The fourth-order valence-electron chi connectivity index (χ4n) is 5.73. The van der Waals surface area contributed by atoms with Crippen LogP contribution in [0.5, 0.6) is 0 Å². The molecule has 1 aromatic heterocycles. The van der Waals surface area contributed by atoms with Crippen LogP contribution < -0.4 is 0 Å². The van der Waals surface area contributed by atoms with Crippen molar-refractivity contribution < 1.29 is 9.13 Å². The summed E-state index contributed by atoms with van der Waals surface area (Å²) in [6, 6.07) is 5.41. The summed E-state index contributed by atoms with van der Waals surface area (Å²) in [4.78, 5) is 11.8. The lowest BCUT2D eigenvalue weighted by atomic mass is 9.66. The van der Waals surface area contributed by atoms with E-state index in [1.807, 2.05) is 19.9 Å². The average Bonchev–Trinajstić information content (AvgIpc) is 3.34. The van der Waals surface area contributed by atoms with E-state index in [4.69, 9.17) is 9.72 Å². The summed E-state index contributed by atoms with van der Waals surface area (Å²) in [5.74, 6) is 0.859. The molecule has 1 aromatic carbocycles. The Balaban J connectivity index is 1.84. The maximum absolute atomic E-state index is 14.6. The van der Waals surface area contributed by atoms with Crippen molar-refractivity contribution in [1.29, 1.82) is 0 Å². The van der Waals surface area contributed by atoms with Crippen molar-refractivity contribution in [3.05, 3.63) is 59.5 Å². The number of rotatable bonds is 6. The standard InChI is InChI=1S/C26H34FN3O/c1-7-21(25-30-13-9-10-23(30)18(5)31-25)26(6,8-2)22-14-19(27)11-12-20(22)24-17(4)29-16(3)15-28-24/h11-12,14-15,21,23,25H,5,7-10,13H2,1-4,6H3/t21-,23-,25+,26?/m0/s1. The highest BCUT2D eigenvalue weighted by molar-refractivity contribution is 5.67. The van der Waals surface area contributed by atoms with Crippen molar-refractivity contribution in [2.24, 2.45) is 5.92 Å². The zero-order valence-electron chi connectivity index (χ0n) is 19.4. The van der Waals surface area contributed by atoms with Crippen LogP contribution in [0.4, 0.5) is 4.39 Å². The van der Waals surface area contributed by atoms with Crippen LogP contribution in [0, 0.1) is 25.6 Å². The molecule has 4 nitrogen and oxygen atoms in total. The third-order valence-corrected chi connectivity index (χ3v) is 7.52. The smallest absolute Gasteiger partial charge is 0.156 e. The maximum atomic E-state index is 14.6. The molecule has 31 heavy (non-hydrogen) atoms. The molecule has 4 rings (SSSR count). The van der Waals surface area contributed by atoms with Crippen molar-refractivity contribution in [3.63, 3.8) is 0 Å². The van der Waals surface area contributed by atoms with Crippen LogP contribution in [0.3, 0.4) is 0 Å². The Bertz CT molecular complexity index is 991. The van der Waals surface area contributed by atoms with E-state index in [-0.39, 0.29) is 23.4 Å². The Kier molecular flexibility index (Phi) is 5.91. The molecule has 0 amide bonds. The largest absolute Gasteiger partial charge is 0.478 e. The molecule has 1 unspecified atom stereocenters. The molecular weight excluding hydrogens is 389 g/mol. The molecule has 0 N–H and O–H groups in total. The number of nitrogens with zero attached hydrogens (tertiary/aromatic N) is 3. The van der Waals surface area contributed by atoms with Gasteiger partial charge in [-0.25, -0.2) is 4.39 Å². The Morgan fingerprint density at radius 3 is 2.77 bits per heavy atom. The third kappa shape index (κ3) is 3.67. The van der Waals surface area contributed by atoms with Gasteiger partial charge in [0.2, 0.25) is 0 Å². The van der Waals surface area contributed by atoms with Gasteiger partial charge >= 0.3 is 0 Å². The quantitative estimate of drug-likeness (QED) is 0.577. The molecule has 0 spiro atoms. The normalized spacial score (nSPS) is 24.0. The van der Waals surface area contributed by atoms with Crippen molar-refractivity contribution in [3.8, 4) is 11.3 Å². The van der Waals surface area contributed by atoms with Gasteiger partial charge in [-0.15, -0.1) is 0 Å². The summed E-state index contributed by atoms with van der Waals surface area (Å²) < 4.78 is 21.0. The van der Waals surface area contributed by atoms with Crippen molar-refractivity contribution in [2.45, 2.75) is 78.0 Å². The first kappa shape index (κ1) is 21.9. The van der Waals surface area contributed by atoms with Gasteiger partial charge in [-0.1, -0.05) is 27.4 Å². The summed E-state index contributed by atoms with van der Waals surface area (Å²) in [7, 11) is 0. The minimum Gasteiger partial charge on any atom is -0.478 e. The molecule has 4 atom stereocenters. The number of fused-ring (bicyclic) bond motifs is 1. The minimum atomic E-state index is -0.298. The predicted molar refractivity (Wildman–Crippen MR) is 122 cm³/mol. The van der Waals surface area contributed by atoms with E-state index in [1.165, 1.54) is 12.5 Å². The van der Waals surface area contributed by atoms with Gasteiger partial charge in [0.25, 0.3) is 0 Å². The average molecular weight is 424 g/mol. The number of aromatic nitrogens is 2. The molecule has 5 heteroatoms. The molecule has 2 aliphatic rings. The van der Waals surface area contributed by atoms with Crippen LogP contribution in [-0.2, 0) is 10.2 Å². The fraction of sp³-hybridized carbons (Fsp3) is 0.538. The minimum absolute atomic E-state index is 0.0312. The summed E-state index contributed by atoms with van der Waals surface area (Å²) in [6.45, 7) is 15.8. The van der Waals surface area contributed by atoms with Crippen molar-refractivity contribution in [1.82, 2.24) is 14.9 Å². The van der Waals surface area contributed by atoms with Crippen LogP contribution >= 0.6 is 0 Å². The number of hydrogen-bond acceptors (Lipinski definition) is 4. The Labute approximate surface area is 185 Å². The molecule has 166 valence electrons. The Morgan fingerprint density at radius 2 is 2.10 bits per heavy atom. The maximum Gasteiger partial charge on any atom is 0.156 e. The summed E-state index contributed by atoms with van der Waals surface area (Å²) in [5.41, 5.74) is 4.22. The first-order valence-corrected chi connectivity index (χ1v) is 11.5. The van der Waals surface area contributed by atoms with Crippen LogP contribution in [-0.4, -0.2) is 33.7 Å². The number of hydrogen-bond donors (Lipinski definition) is 0. The van der Waals surface area contributed by atoms with E-state index < -0.39 is 0 Å². The highest BCUT2D eigenvalue weighted by Gasteiger charge is 2.50. The molecular formula is C26H34FN3O. The second kappa shape index (κ2) is 8.34. The van der Waals surface area contributed by atoms with E-state index in [0.717, 1.165) is 59.8 Å².